The number of furan rings is 1. The van der Waals surface area contributed by atoms with Crippen LogP contribution in [0.4, 0.5) is 0 Å². The van der Waals surface area contributed by atoms with Gasteiger partial charge < -0.3 is 9.73 Å². The molecule has 0 spiro atoms. The zero-order chi connectivity index (χ0) is 14.0. The van der Waals surface area contributed by atoms with Crippen LogP contribution in [0.5, 0.6) is 0 Å². The van der Waals surface area contributed by atoms with Crippen LogP contribution in [0.25, 0.3) is 6.08 Å². The van der Waals surface area contributed by atoms with Crippen molar-refractivity contribution in [3.8, 4) is 0 Å². The van der Waals surface area contributed by atoms with Crippen molar-refractivity contribution in [2.75, 3.05) is 0 Å². The maximum atomic E-state index is 11.7. The van der Waals surface area contributed by atoms with Gasteiger partial charge in [0.05, 0.1) is 0 Å². The molecular formula is C16H23NO2. The third-order valence-electron chi connectivity index (χ3n) is 3.89. The van der Waals surface area contributed by atoms with E-state index in [2.05, 4.69) is 26.1 Å². The van der Waals surface area contributed by atoms with E-state index < -0.39 is 0 Å². The summed E-state index contributed by atoms with van der Waals surface area (Å²) in [6.45, 7) is 8.41. The van der Waals surface area contributed by atoms with Gasteiger partial charge >= 0.3 is 0 Å². The first-order valence-corrected chi connectivity index (χ1v) is 7.05. The van der Waals surface area contributed by atoms with E-state index in [1.165, 1.54) is 12.5 Å². The Hall–Kier alpha value is -1.51. The second-order valence-corrected chi connectivity index (χ2v) is 5.93. The Morgan fingerprint density at radius 1 is 1.42 bits per heavy atom. The van der Waals surface area contributed by atoms with Gasteiger partial charge in [0.15, 0.2) is 0 Å². The molecule has 1 amide bonds. The maximum Gasteiger partial charge on any atom is 0.244 e. The van der Waals surface area contributed by atoms with Crippen LogP contribution in [0, 0.1) is 11.8 Å². The summed E-state index contributed by atoms with van der Waals surface area (Å²) in [6, 6.07) is 4.12. The average molecular weight is 261 g/mol. The van der Waals surface area contributed by atoms with Crippen molar-refractivity contribution in [3.05, 3.63) is 29.7 Å². The monoisotopic (exact) mass is 261 g/mol. The predicted octanol–water partition coefficient (Wildman–Crippen LogP) is 3.58. The molecule has 3 nitrogen and oxygen atoms in total. The molecule has 1 aliphatic rings. The van der Waals surface area contributed by atoms with Gasteiger partial charge in [-0.3, -0.25) is 4.79 Å². The van der Waals surface area contributed by atoms with Crippen molar-refractivity contribution in [1.82, 2.24) is 5.32 Å². The molecule has 0 saturated heterocycles. The Labute approximate surface area is 115 Å². The Kier molecular flexibility index (Phi) is 4.13. The fourth-order valence-corrected chi connectivity index (χ4v) is 1.97. The Balaban J connectivity index is 1.88. The van der Waals surface area contributed by atoms with Crippen LogP contribution in [0.2, 0.25) is 0 Å². The zero-order valence-corrected chi connectivity index (χ0v) is 12.1. The number of rotatable bonds is 5. The SMILES string of the molecule is CC(C)C(C)NC(=O)/C=C/c1ccc(C2CC2C)o1. The fraction of sp³-hybridized carbons (Fsp3) is 0.562. The third-order valence-corrected chi connectivity index (χ3v) is 3.89. The van der Waals surface area contributed by atoms with Gasteiger partial charge in [-0.2, -0.15) is 0 Å². The number of nitrogens with one attached hydrogen (secondary N) is 1. The van der Waals surface area contributed by atoms with Gasteiger partial charge in [0, 0.05) is 18.0 Å². The lowest BCUT2D eigenvalue weighted by atomic mass is 10.1. The first kappa shape index (κ1) is 13.9. The van der Waals surface area contributed by atoms with E-state index in [4.69, 9.17) is 4.42 Å². The second-order valence-electron chi connectivity index (χ2n) is 5.93. The highest BCUT2D eigenvalue weighted by molar-refractivity contribution is 5.91. The van der Waals surface area contributed by atoms with Gasteiger partial charge in [0.1, 0.15) is 11.5 Å². The molecule has 1 N–H and O–H groups in total. The molecule has 0 aromatic carbocycles. The number of carbonyl (C=O) groups excluding carboxylic acids is 1. The highest BCUT2D eigenvalue weighted by Crippen LogP contribution is 2.47. The van der Waals surface area contributed by atoms with E-state index in [1.54, 1.807) is 6.08 Å². The summed E-state index contributed by atoms with van der Waals surface area (Å²) in [5.41, 5.74) is 0. The molecule has 104 valence electrons. The van der Waals surface area contributed by atoms with Gasteiger partial charge in [0.2, 0.25) is 5.91 Å². The van der Waals surface area contributed by atoms with Crippen LogP contribution >= 0.6 is 0 Å². The van der Waals surface area contributed by atoms with E-state index >= 15 is 0 Å². The summed E-state index contributed by atoms with van der Waals surface area (Å²) in [6.07, 6.45) is 4.49. The van der Waals surface area contributed by atoms with Crippen molar-refractivity contribution < 1.29 is 9.21 Å². The molecule has 3 unspecified atom stereocenters. The van der Waals surface area contributed by atoms with E-state index in [0.717, 1.165) is 17.4 Å². The summed E-state index contributed by atoms with van der Waals surface area (Å²) in [5.74, 6) is 3.47. The number of carbonyl (C=O) groups is 1. The highest BCUT2D eigenvalue weighted by Gasteiger charge is 2.36. The van der Waals surface area contributed by atoms with Gasteiger partial charge in [-0.1, -0.05) is 20.8 Å². The maximum absolute atomic E-state index is 11.7. The smallest absolute Gasteiger partial charge is 0.244 e. The van der Waals surface area contributed by atoms with Crippen molar-refractivity contribution in [1.29, 1.82) is 0 Å². The lowest BCUT2D eigenvalue weighted by Crippen LogP contribution is -2.34. The molecule has 1 aliphatic carbocycles. The predicted molar refractivity (Wildman–Crippen MR) is 76.7 cm³/mol. The Morgan fingerprint density at radius 3 is 2.68 bits per heavy atom. The van der Waals surface area contributed by atoms with Gasteiger partial charge in [-0.05, 0) is 43.4 Å². The van der Waals surface area contributed by atoms with Crippen molar-refractivity contribution >= 4 is 12.0 Å². The summed E-state index contributed by atoms with van der Waals surface area (Å²) >= 11 is 0. The minimum atomic E-state index is -0.0704. The van der Waals surface area contributed by atoms with Gasteiger partial charge in [0.25, 0.3) is 0 Å². The summed E-state index contributed by atoms with van der Waals surface area (Å²) in [5, 5.41) is 2.93. The molecule has 1 fully saturated rings. The van der Waals surface area contributed by atoms with Crippen LogP contribution in [-0.4, -0.2) is 11.9 Å². The number of hydrogen-bond acceptors (Lipinski definition) is 2. The molecule has 3 heteroatoms. The lowest BCUT2D eigenvalue weighted by molar-refractivity contribution is -0.117. The van der Waals surface area contributed by atoms with Crippen LogP contribution in [0.15, 0.2) is 22.6 Å². The zero-order valence-electron chi connectivity index (χ0n) is 12.1. The van der Waals surface area contributed by atoms with Crippen LogP contribution in [0.1, 0.15) is 51.6 Å². The lowest BCUT2D eigenvalue weighted by Gasteiger charge is -2.15. The Morgan fingerprint density at radius 2 is 2.11 bits per heavy atom. The second kappa shape index (κ2) is 5.64. The summed E-state index contributed by atoms with van der Waals surface area (Å²) in [4.78, 5) is 11.7. The van der Waals surface area contributed by atoms with E-state index in [0.29, 0.717) is 11.8 Å². The summed E-state index contributed by atoms with van der Waals surface area (Å²) in [7, 11) is 0. The van der Waals surface area contributed by atoms with Crippen molar-refractivity contribution in [2.45, 2.75) is 46.1 Å². The normalized spacial score (nSPS) is 23.8. The van der Waals surface area contributed by atoms with Crippen molar-refractivity contribution in [2.24, 2.45) is 11.8 Å². The van der Waals surface area contributed by atoms with Crippen molar-refractivity contribution in [3.63, 3.8) is 0 Å². The molecule has 2 rings (SSSR count). The molecule has 19 heavy (non-hydrogen) atoms. The van der Waals surface area contributed by atoms with E-state index in [1.807, 2.05) is 19.1 Å². The van der Waals surface area contributed by atoms with Gasteiger partial charge in [-0.25, -0.2) is 0 Å². The molecule has 0 bridgehead atoms. The molecule has 1 saturated carbocycles. The molecule has 0 radical (unpaired) electrons. The number of amides is 1. The molecule has 1 aromatic rings. The highest BCUT2D eigenvalue weighted by atomic mass is 16.3. The van der Waals surface area contributed by atoms with Crippen LogP contribution < -0.4 is 5.32 Å². The first-order valence-electron chi connectivity index (χ1n) is 7.05. The molecule has 1 aromatic heterocycles. The summed E-state index contributed by atoms with van der Waals surface area (Å²) < 4.78 is 5.71. The van der Waals surface area contributed by atoms with E-state index in [9.17, 15) is 4.79 Å². The molecular weight excluding hydrogens is 238 g/mol. The number of hydrogen-bond donors (Lipinski definition) is 1. The van der Waals surface area contributed by atoms with Crippen LogP contribution in [0.3, 0.4) is 0 Å². The van der Waals surface area contributed by atoms with Crippen LogP contribution in [-0.2, 0) is 4.79 Å². The van der Waals surface area contributed by atoms with Gasteiger partial charge in [-0.15, -0.1) is 0 Å². The van der Waals surface area contributed by atoms with E-state index in [-0.39, 0.29) is 11.9 Å². The molecule has 1 heterocycles. The first-order chi connectivity index (χ1) is 8.97. The standard InChI is InChI=1S/C16H23NO2/c1-10(2)12(4)17-16(18)8-6-13-5-7-15(19-13)14-9-11(14)3/h5-8,10-12,14H,9H2,1-4H3,(H,17,18)/b8-6+. The minimum absolute atomic E-state index is 0.0704. The average Bonchev–Trinajstić information content (AvgIpc) is 2.90. The largest absolute Gasteiger partial charge is 0.461 e. The molecule has 3 atom stereocenters. The quantitative estimate of drug-likeness (QED) is 0.823. The fourth-order valence-electron chi connectivity index (χ4n) is 1.97. The molecule has 0 aliphatic heterocycles. The Bertz CT molecular complexity index is 473. The third kappa shape index (κ3) is 3.72. The topological polar surface area (TPSA) is 42.2 Å². The minimum Gasteiger partial charge on any atom is -0.461 e.